The zero-order valence-electron chi connectivity index (χ0n) is 8.66. The van der Waals surface area contributed by atoms with Crippen LogP contribution in [0.5, 0.6) is 11.5 Å². The fraction of sp³-hybridized carbons (Fsp3) is 0.300. The van der Waals surface area contributed by atoms with Crippen LogP contribution in [0.1, 0.15) is 5.56 Å². The van der Waals surface area contributed by atoms with E-state index in [1.54, 1.807) is 0 Å². The van der Waals surface area contributed by atoms with Crippen molar-refractivity contribution in [1.82, 2.24) is 0 Å². The van der Waals surface area contributed by atoms with Crippen molar-refractivity contribution >= 4 is 5.97 Å². The SMILES string of the molecule is COc1cccc(C(F)(F)C(=O)O)c1OC. The lowest BCUT2D eigenvalue weighted by Crippen LogP contribution is -2.26. The van der Waals surface area contributed by atoms with Gasteiger partial charge in [0.25, 0.3) is 0 Å². The minimum atomic E-state index is -4.01. The number of hydrogen-bond acceptors (Lipinski definition) is 3. The molecule has 1 aromatic rings. The zero-order chi connectivity index (χ0) is 12.3. The Morgan fingerprint density at radius 3 is 2.38 bits per heavy atom. The van der Waals surface area contributed by atoms with E-state index in [-0.39, 0.29) is 11.5 Å². The number of ether oxygens (including phenoxy) is 2. The molecule has 0 atom stereocenters. The van der Waals surface area contributed by atoms with Crippen LogP contribution in [0.3, 0.4) is 0 Å². The minimum Gasteiger partial charge on any atom is -0.493 e. The molecule has 0 unspecified atom stereocenters. The number of methoxy groups -OCH3 is 2. The molecule has 0 saturated carbocycles. The van der Waals surface area contributed by atoms with E-state index in [1.165, 1.54) is 26.4 Å². The molecule has 0 aromatic heterocycles. The van der Waals surface area contributed by atoms with Gasteiger partial charge >= 0.3 is 11.9 Å². The first-order chi connectivity index (χ1) is 7.45. The molecule has 0 amide bonds. The van der Waals surface area contributed by atoms with Crippen molar-refractivity contribution in [2.75, 3.05) is 14.2 Å². The molecule has 4 nitrogen and oxygen atoms in total. The van der Waals surface area contributed by atoms with E-state index in [9.17, 15) is 13.6 Å². The summed E-state index contributed by atoms with van der Waals surface area (Å²) >= 11 is 0. The van der Waals surface area contributed by atoms with E-state index in [0.29, 0.717) is 0 Å². The van der Waals surface area contributed by atoms with Crippen molar-refractivity contribution in [3.05, 3.63) is 23.8 Å². The summed E-state index contributed by atoms with van der Waals surface area (Å²) in [7, 11) is 2.44. The highest BCUT2D eigenvalue weighted by atomic mass is 19.3. The third-order valence-corrected chi connectivity index (χ3v) is 2.01. The molecule has 0 saturated heterocycles. The monoisotopic (exact) mass is 232 g/mol. The van der Waals surface area contributed by atoms with Crippen LogP contribution in [-0.4, -0.2) is 25.3 Å². The summed E-state index contributed by atoms with van der Waals surface area (Å²) in [4.78, 5) is 10.4. The minimum absolute atomic E-state index is 0.0564. The molecule has 16 heavy (non-hydrogen) atoms. The van der Waals surface area contributed by atoms with Crippen LogP contribution in [0.4, 0.5) is 8.78 Å². The highest BCUT2D eigenvalue weighted by Crippen LogP contribution is 2.40. The molecule has 88 valence electrons. The van der Waals surface area contributed by atoms with Gasteiger partial charge in [-0.3, -0.25) is 0 Å². The highest BCUT2D eigenvalue weighted by molar-refractivity contribution is 5.79. The van der Waals surface area contributed by atoms with Gasteiger partial charge in [0.15, 0.2) is 11.5 Å². The zero-order valence-corrected chi connectivity index (χ0v) is 8.66. The van der Waals surface area contributed by atoms with Crippen LogP contribution < -0.4 is 9.47 Å². The predicted molar refractivity (Wildman–Crippen MR) is 51.1 cm³/mol. The Balaban J connectivity index is 3.39. The summed E-state index contributed by atoms with van der Waals surface area (Å²) in [5, 5.41) is 8.43. The maximum absolute atomic E-state index is 13.3. The van der Waals surface area contributed by atoms with Crippen LogP contribution in [0.25, 0.3) is 0 Å². The molecular weight excluding hydrogens is 222 g/mol. The second-order valence-corrected chi connectivity index (χ2v) is 2.92. The first-order valence-electron chi connectivity index (χ1n) is 4.27. The number of carboxylic acid groups (broad SMARTS) is 1. The Labute approximate surface area is 90.4 Å². The summed E-state index contributed by atoms with van der Waals surface area (Å²) in [6, 6.07) is 3.66. The third-order valence-electron chi connectivity index (χ3n) is 2.01. The van der Waals surface area contributed by atoms with Crippen LogP contribution in [-0.2, 0) is 10.7 Å². The van der Waals surface area contributed by atoms with Gasteiger partial charge in [-0.15, -0.1) is 0 Å². The molecule has 0 aliphatic rings. The van der Waals surface area contributed by atoms with E-state index in [4.69, 9.17) is 14.6 Å². The van der Waals surface area contributed by atoms with Gasteiger partial charge in [-0.2, -0.15) is 8.78 Å². The molecule has 0 spiro atoms. The molecule has 0 aliphatic carbocycles. The largest absolute Gasteiger partial charge is 0.493 e. The van der Waals surface area contributed by atoms with Gasteiger partial charge in [0.1, 0.15) is 0 Å². The van der Waals surface area contributed by atoms with E-state index in [2.05, 4.69) is 0 Å². The maximum atomic E-state index is 13.3. The molecular formula is C10H10F2O4. The average Bonchev–Trinajstić information content (AvgIpc) is 2.27. The number of hydrogen-bond donors (Lipinski definition) is 1. The Morgan fingerprint density at radius 2 is 1.94 bits per heavy atom. The molecule has 6 heteroatoms. The number of aliphatic carboxylic acids is 1. The predicted octanol–water partition coefficient (Wildman–Crippen LogP) is 1.88. The first-order valence-corrected chi connectivity index (χ1v) is 4.27. The molecule has 1 aromatic carbocycles. The summed E-state index contributed by atoms with van der Waals surface area (Å²) in [6.45, 7) is 0. The lowest BCUT2D eigenvalue weighted by molar-refractivity contribution is -0.166. The maximum Gasteiger partial charge on any atom is 0.379 e. The van der Waals surface area contributed by atoms with Crippen molar-refractivity contribution in [1.29, 1.82) is 0 Å². The second kappa shape index (κ2) is 4.34. The molecule has 1 N–H and O–H groups in total. The quantitative estimate of drug-likeness (QED) is 0.861. The topological polar surface area (TPSA) is 55.8 Å². The summed E-state index contributed by atoms with van der Waals surface area (Å²) < 4.78 is 36.2. The van der Waals surface area contributed by atoms with Gasteiger partial charge in [0, 0.05) is 0 Å². The molecule has 0 heterocycles. The number of carboxylic acids is 1. The van der Waals surface area contributed by atoms with Crippen molar-refractivity contribution in [3.8, 4) is 11.5 Å². The second-order valence-electron chi connectivity index (χ2n) is 2.92. The van der Waals surface area contributed by atoms with Crippen molar-refractivity contribution < 1.29 is 28.2 Å². The standard InChI is InChI=1S/C10H10F2O4/c1-15-7-5-3-4-6(8(7)16-2)10(11,12)9(13)14/h3-5H,1-2H3,(H,13,14). The van der Waals surface area contributed by atoms with Gasteiger partial charge in [-0.05, 0) is 12.1 Å². The molecule has 0 radical (unpaired) electrons. The van der Waals surface area contributed by atoms with Gasteiger partial charge in [-0.1, -0.05) is 6.07 Å². The molecule has 0 aliphatic heterocycles. The van der Waals surface area contributed by atoms with Gasteiger partial charge in [0.05, 0.1) is 19.8 Å². The van der Waals surface area contributed by atoms with Crippen molar-refractivity contribution in [2.24, 2.45) is 0 Å². The van der Waals surface area contributed by atoms with E-state index >= 15 is 0 Å². The van der Waals surface area contributed by atoms with Crippen molar-refractivity contribution in [2.45, 2.75) is 5.92 Å². The van der Waals surface area contributed by atoms with E-state index < -0.39 is 17.5 Å². The fourth-order valence-electron chi connectivity index (χ4n) is 1.25. The lowest BCUT2D eigenvalue weighted by atomic mass is 10.1. The van der Waals surface area contributed by atoms with Crippen LogP contribution >= 0.6 is 0 Å². The van der Waals surface area contributed by atoms with Gasteiger partial charge < -0.3 is 14.6 Å². The molecule has 0 fully saturated rings. The highest BCUT2D eigenvalue weighted by Gasteiger charge is 2.44. The van der Waals surface area contributed by atoms with Crippen LogP contribution in [0.2, 0.25) is 0 Å². The fourth-order valence-corrected chi connectivity index (χ4v) is 1.25. The Morgan fingerprint density at radius 1 is 1.31 bits per heavy atom. The van der Waals surface area contributed by atoms with Crippen LogP contribution in [0, 0.1) is 0 Å². The summed E-state index contributed by atoms with van der Waals surface area (Å²) in [5.41, 5.74) is -0.734. The third kappa shape index (κ3) is 1.91. The Kier molecular flexibility index (Phi) is 3.31. The normalized spacial score (nSPS) is 11.0. The van der Waals surface area contributed by atoms with Crippen LogP contribution in [0.15, 0.2) is 18.2 Å². The summed E-state index contributed by atoms with van der Waals surface area (Å²) in [5.74, 6) is -6.47. The van der Waals surface area contributed by atoms with Gasteiger partial charge in [-0.25, -0.2) is 4.79 Å². The molecule has 1 rings (SSSR count). The average molecular weight is 232 g/mol. The number of alkyl halides is 2. The van der Waals surface area contributed by atoms with Crippen molar-refractivity contribution in [3.63, 3.8) is 0 Å². The lowest BCUT2D eigenvalue weighted by Gasteiger charge is -2.17. The van der Waals surface area contributed by atoms with Gasteiger partial charge in [0.2, 0.25) is 0 Å². The smallest absolute Gasteiger partial charge is 0.379 e. The van der Waals surface area contributed by atoms with E-state index in [1.807, 2.05) is 0 Å². The number of rotatable bonds is 4. The number of para-hydroxylation sites is 1. The number of benzene rings is 1. The first kappa shape index (κ1) is 12.2. The number of carbonyl (C=O) groups is 1. The number of halogens is 2. The Bertz CT molecular complexity index is 404. The van der Waals surface area contributed by atoms with E-state index in [0.717, 1.165) is 6.07 Å². The molecule has 0 bridgehead atoms. The summed E-state index contributed by atoms with van der Waals surface area (Å²) in [6.07, 6.45) is 0. The Hall–Kier alpha value is -1.85.